The summed E-state index contributed by atoms with van der Waals surface area (Å²) in [6.07, 6.45) is 2.53. The number of amides is 2. The SMILES string of the molecule is CCNC(=O)N(Cc1c(CC)nn(-c2ccccc2)c1Oc1ccccc1F)C[C@H]1CCCO1. The first kappa shape index (κ1) is 23.8. The molecule has 8 heteroatoms. The van der Waals surface area contributed by atoms with Crippen LogP contribution in [-0.2, 0) is 17.7 Å². The summed E-state index contributed by atoms with van der Waals surface area (Å²) < 4.78 is 28.2. The highest BCUT2D eigenvalue weighted by molar-refractivity contribution is 5.74. The van der Waals surface area contributed by atoms with Crippen LogP contribution in [0.5, 0.6) is 11.6 Å². The molecule has 0 aliphatic carbocycles. The molecule has 1 atom stereocenters. The van der Waals surface area contributed by atoms with Crippen LogP contribution in [0.2, 0.25) is 0 Å². The minimum atomic E-state index is -0.466. The lowest BCUT2D eigenvalue weighted by Crippen LogP contribution is -2.43. The first-order valence-electron chi connectivity index (χ1n) is 11.8. The van der Waals surface area contributed by atoms with Gasteiger partial charge in [0.1, 0.15) is 0 Å². The Morgan fingerprint density at radius 3 is 2.65 bits per heavy atom. The molecule has 2 amide bonds. The first-order valence-corrected chi connectivity index (χ1v) is 11.8. The molecule has 0 unspecified atom stereocenters. The number of ether oxygens (including phenoxy) is 2. The Balaban J connectivity index is 1.76. The van der Waals surface area contributed by atoms with E-state index in [2.05, 4.69) is 5.32 Å². The summed E-state index contributed by atoms with van der Waals surface area (Å²) in [6.45, 7) is 5.85. The summed E-state index contributed by atoms with van der Waals surface area (Å²) in [5, 5.41) is 7.69. The maximum atomic E-state index is 14.5. The molecule has 180 valence electrons. The van der Waals surface area contributed by atoms with Crippen molar-refractivity contribution < 1.29 is 18.7 Å². The van der Waals surface area contributed by atoms with Crippen molar-refractivity contribution in [2.45, 2.75) is 45.8 Å². The fourth-order valence-corrected chi connectivity index (χ4v) is 4.11. The Kier molecular flexibility index (Phi) is 7.80. The Labute approximate surface area is 199 Å². The number of nitrogens with zero attached hydrogens (tertiary/aromatic N) is 3. The number of hydrogen-bond acceptors (Lipinski definition) is 4. The molecule has 2 heterocycles. The van der Waals surface area contributed by atoms with E-state index in [4.69, 9.17) is 14.6 Å². The second-order valence-electron chi connectivity index (χ2n) is 8.21. The van der Waals surface area contributed by atoms with Crippen molar-refractivity contribution in [2.75, 3.05) is 19.7 Å². The van der Waals surface area contributed by atoms with E-state index in [0.29, 0.717) is 32.0 Å². The molecule has 4 rings (SSSR count). The number of aromatic nitrogens is 2. The van der Waals surface area contributed by atoms with Crippen LogP contribution in [0.25, 0.3) is 5.69 Å². The van der Waals surface area contributed by atoms with E-state index in [1.54, 1.807) is 27.8 Å². The number of urea groups is 1. The van der Waals surface area contributed by atoms with Gasteiger partial charge in [-0.1, -0.05) is 37.3 Å². The smallest absolute Gasteiger partial charge is 0.317 e. The number of para-hydroxylation sites is 2. The average molecular weight is 467 g/mol. The van der Waals surface area contributed by atoms with Crippen molar-refractivity contribution in [3.05, 3.63) is 71.7 Å². The van der Waals surface area contributed by atoms with Crippen molar-refractivity contribution in [1.29, 1.82) is 0 Å². The lowest BCUT2D eigenvalue weighted by Gasteiger charge is -2.26. The van der Waals surface area contributed by atoms with E-state index in [-0.39, 0.29) is 24.4 Å². The van der Waals surface area contributed by atoms with Gasteiger partial charge in [-0.15, -0.1) is 0 Å². The van der Waals surface area contributed by atoms with Crippen LogP contribution < -0.4 is 10.1 Å². The molecular formula is C26H31FN4O3. The second-order valence-corrected chi connectivity index (χ2v) is 8.21. The second kappa shape index (κ2) is 11.2. The van der Waals surface area contributed by atoms with Gasteiger partial charge in [-0.05, 0) is 50.5 Å². The monoisotopic (exact) mass is 466 g/mol. The maximum absolute atomic E-state index is 14.5. The summed E-state index contributed by atoms with van der Waals surface area (Å²) in [5.74, 6) is 0.0363. The summed E-state index contributed by atoms with van der Waals surface area (Å²) in [7, 11) is 0. The van der Waals surface area contributed by atoms with Gasteiger partial charge in [-0.3, -0.25) is 0 Å². The normalized spacial score (nSPS) is 15.3. The van der Waals surface area contributed by atoms with Crippen LogP contribution in [0.4, 0.5) is 9.18 Å². The van der Waals surface area contributed by atoms with Gasteiger partial charge in [0.15, 0.2) is 11.6 Å². The molecule has 34 heavy (non-hydrogen) atoms. The zero-order valence-corrected chi connectivity index (χ0v) is 19.7. The number of halogens is 1. The number of nitrogens with one attached hydrogen (secondary N) is 1. The van der Waals surface area contributed by atoms with E-state index in [1.807, 2.05) is 44.2 Å². The number of aryl methyl sites for hydroxylation is 1. The van der Waals surface area contributed by atoms with E-state index < -0.39 is 5.82 Å². The molecule has 3 aromatic rings. The average Bonchev–Trinajstić information content (AvgIpc) is 3.49. The largest absolute Gasteiger partial charge is 0.435 e. The molecule has 0 radical (unpaired) electrons. The highest BCUT2D eigenvalue weighted by Gasteiger charge is 2.28. The third-order valence-electron chi connectivity index (χ3n) is 5.81. The van der Waals surface area contributed by atoms with E-state index >= 15 is 0 Å². The van der Waals surface area contributed by atoms with E-state index in [1.165, 1.54) is 6.07 Å². The zero-order chi connectivity index (χ0) is 23.9. The fourth-order valence-electron chi connectivity index (χ4n) is 4.11. The molecule has 1 saturated heterocycles. The van der Waals surface area contributed by atoms with Crippen molar-refractivity contribution in [3.8, 4) is 17.3 Å². The maximum Gasteiger partial charge on any atom is 0.317 e. The van der Waals surface area contributed by atoms with Crippen LogP contribution in [0, 0.1) is 5.82 Å². The lowest BCUT2D eigenvalue weighted by molar-refractivity contribution is 0.0793. The van der Waals surface area contributed by atoms with Gasteiger partial charge in [0.25, 0.3) is 0 Å². The first-order chi connectivity index (χ1) is 16.6. The molecule has 7 nitrogen and oxygen atoms in total. The number of rotatable bonds is 9. The van der Waals surface area contributed by atoms with Crippen LogP contribution >= 0.6 is 0 Å². The van der Waals surface area contributed by atoms with Gasteiger partial charge < -0.3 is 19.7 Å². The topological polar surface area (TPSA) is 68.6 Å². The van der Waals surface area contributed by atoms with Gasteiger partial charge >= 0.3 is 6.03 Å². The van der Waals surface area contributed by atoms with Gasteiger partial charge in [0.05, 0.1) is 29.6 Å². The molecule has 0 saturated carbocycles. The summed E-state index contributed by atoms with van der Waals surface area (Å²) >= 11 is 0. The van der Waals surface area contributed by atoms with Crippen LogP contribution in [-0.4, -0.2) is 46.5 Å². The van der Waals surface area contributed by atoms with Crippen LogP contribution in [0.15, 0.2) is 54.6 Å². The third kappa shape index (κ3) is 5.39. The third-order valence-corrected chi connectivity index (χ3v) is 5.81. The Hall–Kier alpha value is -3.39. The summed E-state index contributed by atoms with van der Waals surface area (Å²) in [5.41, 5.74) is 2.33. The molecule has 2 aromatic carbocycles. The number of hydrogen-bond donors (Lipinski definition) is 1. The quantitative estimate of drug-likeness (QED) is 0.478. The van der Waals surface area contributed by atoms with Crippen molar-refractivity contribution in [3.63, 3.8) is 0 Å². The number of carbonyl (C=O) groups excluding carboxylic acids is 1. The molecule has 1 fully saturated rings. The Morgan fingerprint density at radius 1 is 1.21 bits per heavy atom. The predicted molar refractivity (Wildman–Crippen MR) is 128 cm³/mol. The predicted octanol–water partition coefficient (Wildman–Crippen LogP) is 5.08. The molecule has 0 spiro atoms. The Morgan fingerprint density at radius 2 is 1.97 bits per heavy atom. The molecular weight excluding hydrogens is 435 g/mol. The standard InChI is InChI=1S/C26H31FN4O3/c1-3-23-21(18-30(26(32)28-4-2)17-20-13-10-16-33-20)25(34-24-15-9-8-14-22(24)27)31(29-23)19-11-6-5-7-12-19/h5-9,11-12,14-15,20H,3-4,10,13,16-18H2,1-2H3,(H,28,32)/t20-/m1/s1. The minimum absolute atomic E-state index is 0.00668. The molecule has 1 aromatic heterocycles. The van der Waals surface area contributed by atoms with E-state index in [0.717, 1.165) is 29.8 Å². The van der Waals surface area contributed by atoms with E-state index in [9.17, 15) is 9.18 Å². The lowest BCUT2D eigenvalue weighted by atomic mass is 10.1. The highest BCUT2D eigenvalue weighted by Crippen LogP contribution is 2.33. The van der Waals surface area contributed by atoms with Crippen LogP contribution in [0.3, 0.4) is 0 Å². The Bertz CT molecular complexity index is 1100. The fraction of sp³-hybridized carbons (Fsp3) is 0.385. The number of benzene rings is 2. The van der Waals surface area contributed by atoms with Gasteiger partial charge in [-0.25, -0.2) is 13.9 Å². The summed E-state index contributed by atoms with van der Waals surface area (Å²) in [4.78, 5) is 14.7. The highest BCUT2D eigenvalue weighted by atomic mass is 19.1. The molecule has 1 aliphatic rings. The molecule has 1 aliphatic heterocycles. The van der Waals surface area contributed by atoms with Crippen LogP contribution in [0.1, 0.15) is 37.9 Å². The van der Waals surface area contributed by atoms with Crippen molar-refractivity contribution >= 4 is 6.03 Å². The van der Waals surface area contributed by atoms with Crippen molar-refractivity contribution in [1.82, 2.24) is 20.0 Å². The van der Waals surface area contributed by atoms with Gasteiger partial charge in [-0.2, -0.15) is 5.10 Å². The van der Waals surface area contributed by atoms with Gasteiger partial charge in [0.2, 0.25) is 5.88 Å². The van der Waals surface area contributed by atoms with Gasteiger partial charge in [0, 0.05) is 19.7 Å². The number of carbonyl (C=O) groups is 1. The van der Waals surface area contributed by atoms with Crippen molar-refractivity contribution in [2.24, 2.45) is 0 Å². The zero-order valence-electron chi connectivity index (χ0n) is 19.7. The molecule has 1 N–H and O–H groups in total. The minimum Gasteiger partial charge on any atom is -0.435 e. The summed E-state index contributed by atoms with van der Waals surface area (Å²) in [6, 6.07) is 15.7. The molecule has 0 bridgehead atoms.